The third kappa shape index (κ3) is 4.77. The summed E-state index contributed by atoms with van der Waals surface area (Å²) in [5.41, 5.74) is 1.93. The van der Waals surface area contributed by atoms with E-state index in [-0.39, 0.29) is 6.54 Å². The quantitative estimate of drug-likeness (QED) is 0.464. The van der Waals surface area contributed by atoms with Gasteiger partial charge in [-0.25, -0.2) is 19.6 Å². The lowest BCUT2D eigenvalue weighted by atomic mass is 10.2. The largest absolute Gasteiger partial charge is 0.497 e. The van der Waals surface area contributed by atoms with E-state index in [4.69, 9.17) is 18.4 Å². The molecule has 0 aliphatic carbocycles. The van der Waals surface area contributed by atoms with Crippen molar-refractivity contribution in [2.24, 2.45) is 0 Å². The summed E-state index contributed by atoms with van der Waals surface area (Å²) in [6, 6.07) is 14.7. The van der Waals surface area contributed by atoms with Gasteiger partial charge in [0, 0.05) is 12.0 Å². The molecule has 0 spiro atoms. The number of hydrogen-bond acceptors (Lipinski definition) is 7. The van der Waals surface area contributed by atoms with Gasteiger partial charge in [-0.2, -0.15) is 0 Å². The van der Waals surface area contributed by atoms with E-state index in [1.165, 1.54) is 0 Å². The summed E-state index contributed by atoms with van der Waals surface area (Å²) in [5.74, 6) is 2.00. The van der Waals surface area contributed by atoms with Crippen molar-refractivity contribution >= 4 is 0 Å². The van der Waals surface area contributed by atoms with E-state index in [0.29, 0.717) is 24.7 Å². The Balaban J connectivity index is 1.34. The average molecular weight is 423 g/mol. The first-order valence-corrected chi connectivity index (χ1v) is 9.65. The Bertz CT molecular complexity index is 1260. The summed E-state index contributed by atoms with van der Waals surface area (Å²) >= 11 is 0. The second-order valence-electron chi connectivity index (χ2n) is 6.84. The minimum atomic E-state index is -0.775. The molecule has 0 amide bonds. The van der Waals surface area contributed by atoms with Crippen LogP contribution in [0.3, 0.4) is 0 Å². The van der Waals surface area contributed by atoms with Gasteiger partial charge in [-0.3, -0.25) is 0 Å². The maximum atomic E-state index is 11.5. The highest BCUT2D eigenvalue weighted by atomic mass is 16.5. The number of nitrogens with zero attached hydrogens (tertiary/aromatic N) is 2. The van der Waals surface area contributed by atoms with Crippen LogP contribution in [0.5, 0.6) is 11.5 Å². The van der Waals surface area contributed by atoms with Gasteiger partial charge in [-0.15, -0.1) is 4.74 Å². The number of aromatic amines is 1. The van der Waals surface area contributed by atoms with Crippen molar-refractivity contribution in [3.63, 3.8) is 0 Å². The fraction of sp³-hybridized carbons (Fsp3) is 0.227. The van der Waals surface area contributed by atoms with Crippen molar-refractivity contribution in [3.05, 3.63) is 86.6 Å². The van der Waals surface area contributed by atoms with E-state index >= 15 is 0 Å². The Hall–Kier alpha value is -4.01. The van der Waals surface area contributed by atoms with Crippen LogP contribution in [0.25, 0.3) is 11.5 Å². The van der Waals surface area contributed by atoms with Crippen molar-refractivity contribution in [2.75, 3.05) is 13.7 Å². The topological polar surface area (TPSA) is 112 Å². The number of methoxy groups -OCH3 is 1. The number of hydrogen-bond donors (Lipinski definition) is 1. The third-order valence-electron chi connectivity index (χ3n) is 4.72. The molecule has 160 valence electrons. The lowest BCUT2D eigenvalue weighted by Gasteiger charge is -2.06. The monoisotopic (exact) mass is 423 g/mol. The van der Waals surface area contributed by atoms with Crippen LogP contribution in [0.1, 0.15) is 17.0 Å². The normalized spacial score (nSPS) is 10.9. The highest BCUT2D eigenvalue weighted by molar-refractivity contribution is 5.55. The van der Waals surface area contributed by atoms with Crippen LogP contribution in [0.15, 0.2) is 67.1 Å². The Kier molecular flexibility index (Phi) is 5.74. The second-order valence-corrected chi connectivity index (χ2v) is 6.84. The molecule has 2 heterocycles. The summed E-state index contributed by atoms with van der Waals surface area (Å²) in [6.45, 7) is 2.47. The van der Waals surface area contributed by atoms with E-state index in [1.54, 1.807) is 31.4 Å². The molecule has 31 heavy (non-hydrogen) atoms. The molecule has 2 aromatic heterocycles. The molecule has 0 radical (unpaired) electrons. The number of nitrogens with one attached hydrogen (secondary N) is 1. The van der Waals surface area contributed by atoms with Crippen molar-refractivity contribution in [1.29, 1.82) is 0 Å². The predicted octanol–water partition coefficient (Wildman–Crippen LogP) is 2.77. The van der Waals surface area contributed by atoms with Gasteiger partial charge < -0.3 is 18.4 Å². The molecule has 0 saturated carbocycles. The van der Waals surface area contributed by atoms with Crippen LogP contribution in [-0.2, 0) is 13.0 Å². The Morgan fingerprint density at radius 2 is 1.74 bits per heavy atom. The number of aryl methyl sites for hydroxylation is 1. The van der Waals surface area contributed by atoms with Gasteiger partial charge >= 0.3 is 11.4 Å². The number of aromatic nitrogens is 3. The van der Waals surface area contributed by atoms with Gasteiger partial charge in [0.2, 0.25) is 5.89 Å². The zero-order valence-electron chi connectivity index (χ0n) is 17.1. The van der Waals surface area contributed by atoms with Crippen molar-refractivity contribution in [3.8, 4) is 23.0 Å². The smallest absolute Gasteiger partial charge is 0.440 e. The molecule has 9 nitrogen and oxygen atoms in total. The fourth-order valence-electron chi connectivity index (χ4n) is 3.06. The maximum absolute atomic E-state index is 11.5. The lowest BCUT2D eigenvalue weighted by molar-refractivity contribution is 0.258. The zero-order valence-corrected chi connectivity index (χ0v) is 17.1. The van der Waals surface area contributed by atoms with Gasteiger partial charge in [0.15, 0.2) is 0 Å². The van der Waals surface area contributed by atoms with Gasteiger partial charge in [-0.1, -0.05) is 12.1 Å². The second kappa shape index (κ2) is 8.78. The molecule has 0 fully saturated rings. The molecule has 0 atom stereocenters. The van der Waals surface area contributed by atoms with E-state index in [1.807, 2.05) is 36.2 Å². The summed E-state index contributed by atoms with van der Waals surface area (Å²) in [6.07, 6.45) is 0.594. The molecule has 0 aliphatic heterocycles. The highest BCUT2D eigenvalue weighted by Gasteiger charge is 2.12. The van der Waals surface area contributed by atoms with Crippen molar-refractivity contribution in [1.82, 2.24) is 14.7 Å². The molecule has 1 N–H and O–H groups in total. The summed E-state index contributed by atoms with van der Waals surface area (Å²) in [4.78, 5) is 29.2. The minimum absolute atomic E-state index is 0.157. The minimum Gasteiger partial charge on any atom is -0.497 e. The molecule has 0 unspecified atom stereocenters. The number of oxazole rings is 1. The van der Waals surface area contributed by atoms with Crippen LogP contribution in [0.2, 0.25) is 0 Å². The van der Waals surface area contributed by atoms with E-state index in [0.717, 1.165) is 33.1 Å². The standard InChI is InChI=1S/C22H21N3O6/c1-14-19(23-20(30-14)16-5-9-17(28-2)10-6-16)11-12-29-18-7-3-15(4-8-18)13-25-21(26)24-22(27)31-25/h3-10H,11-13H2,1-2H3,(H,24,26,27). The fourth-order valence-corrected chi connectivity index (χ4v) is 3.06. The van der Waals surface area contributed by atoms with Crippen molar-refractivity contribution in [2.45, 2.75) is 19.9 Å². The zero-order chi connectivity index (χ0) is 21.8. The maximum Gasteiger partial charge on any atom is 0.440 e. The molecule has 4 aromatic rings. The molecular weight excluding hydrogens is 402 g/mol. The SMILES string of the molecule is COc1ccc(-c2nc(CCOc3ccc(Cn4oc(=O)[nH]c4=O)cc3)c(C)o2)cc1. The van der Waals surface area contributed by atoms with Crippen LogP contribution in [0.4, 0.5) is 0 Å². The molecule has 9 heteroatoms. The van der Waals surface area contributed by atoms with Gasteiger partial charge in [0.05, 0.1) is 26.0 Å². The number of rotatable bonds is 8. The highest BCUT2D eigenvalue weighted by Crippen LogP contribution is 2.24. The predicted molar refractivity (Wildman–Crippen MR) is 112 cm³/mol. The van der Waals surface area contributed by atoms with E-state index in [2.05, 4.69) is 4.98 Å². The Morgan fingerprint density at radius 3 is 2.39 bits per heavy atom. The van der Waals surface area contributed by atoms with Crippen molar-refractivity contribution < 1.29 is 18.4 Å². The van der Waals surface area contributed by atoms with Crippen LogP contribution < -0.4 is 20.9 Å². The van der Waals surface area contributed by atoms with E-state index in [9.17, 15) is 9.59 Å². The Labute approximate surface area is 176 Å². The first kappa shape index (κ1) is 20.3. The molecule has 0 saturated heterocycles. The number of benzene rings is 2. The lowest BCUT2D eigenvalue weighted by Crippen LogP contribution is -2.17. The Morgan fingerprint density at radius 1 is 1.03 bits per heavy atom. The number of H-pyrrole nitrogens is 1. The third-order valence-corrected chi connectivity index (χ3v) is 4.72. The molecule has 0 aliphatic rings. The van der Waals surface area contributed by atoms with Gasteiger partial charge in [-0.05, 0) is 48.9 Å². The first-order valence-electron chi connectivity index (χ1n) is 9.65. The number of ether oxygens (including phenoxy) is 2. The molecule has 4 rings (SSSR count). The van der Waals surface area contributed by atoms with Crippen LogP contribution >= 0.6 is 0 Å². The molecule has 0 bridgehead atoms. The summed E-state index contributed by atoms with van der Waals surface area (Å²) in [5, 5.41) is 0. The van der Waals surface area contributed by atoms with Gasteiger partial charge in [0.1, 0.15) is 17.3 Å². The molecule has 2 aromatic carbocycles. The summed E-state index contributed by atoms with van der Waals surface area (Å²) < 4.78 is 22.5. The average Bonchev–Trinajstić information content (AvgIpc) is 3.30. The van der Waals surface area contributed by atoms with Crippen LogP contribution in [-0.4, -0.2) is 28.4 Å². The first-order chi connectivity index (χ1) is 15.0. The van der Waals surface area contributed by atoms with Gasteiger partial charge in [0.25, 0.3) is 0 Å². The molecular formula is C22H21N3O6. The van der Waals surface area contributed by atoms with E-state index < -0.39 is 11.4 Å². The van der Waals surface area contributed by atoms with Crippen LogP contribution in [0, 0.1) is 6.92 Å². The summed E-state index contributed by atoms with van der Waals surface area (Å²) in [7, 11) is 1.62.